The molecule has 2 aliphatic rings. The lowest BCUT2D eigenvalue weighted by atomic mass is 9.99. The molecule has 2 heterocycles. The van der Waals surface area contributed by atoms with Gasteiger partial charge in [-0.1, -0.05) is 12.1 Å². The molecule has 1 fully saturated rings. The molecule has 0 spiro atoms. The minimum atomic E-state index is -4.42. The predicted molar refractivity (Wildman–Crippen MR) is 120 cm³/mol. The number of anilines is 1. The van der Waals surface area contributed by atoms with Crippen molar-refractivity contribution in [1.29, 1.82) is 0 Å². The number of nitrogens with zero attached hydrogens (tertiary/aromatic N) is 3. The fourth-order valence-corrected chi connectivity index (χ4v) is 4.64. The Labute approximate surface area is 200 Å². The third kappa shape index (κ3) is 5.60. The molecule has 11 heteroatoms. The smallest absolute Gasteiger partial charge is 0.363 e. The van der Waals surface area contributed by atoms with Gasteiger partial charge >= 0.3 is 6.18 Å². The summed E-state index contributed by atoms with van der Waals surface area (Å²) in [6, 6.07) is 4.73. The second-order valence-corrected chi connectivity index (χ2v) is 9.07. The van der Waals surface area contributed by atoms with Crippen LogP contribution in [0.3, 0.4) is 0 Å². The minimum absolute atomic E-state index is 0.0496. The first-order valence-electron chi connectivity index (χ1n) is 11.1. The number of aromatic nitrogens is 2. The Morgan fingerprint density at radius 2 is 2.12 bits per heavy atom. The van der Waals surface area contributed by atoms with Gasteiger partial charge < -0.3 is 15.5 Å². The summed E-state index contributed by atoms with van der Waals surface area (Å²) in [6.45, 7) is 2.83. The Morgan fingerprint density at radius 3 is 2.85 bits per heavy atom. The molecule has 2 amide bonds. The van der Waals surface area contributed by atoms with Crippen molar-refractivity contribution in [1.82, 2.24) is 20.2 Å². The summed E-state index contributed by atoms with van der Waals surface area (Å²) in [5, 5.41) is 5.96. The molecule has 1 unspecified atom stereocenters. The third-order valence-electron chi connectivity index (χ3n) is 6.26. The van der Waals surface area contributed by atoms with Gasteiger partial charge in [0, 0.05) is 31.1 Å². The van der Waals surface area contributed by atoms with Gasteiger partial charge in [0.05, 0.1) is 17.8 Å². The molecular weight excluding hydrogens is 471 g/mol. The van der Waals surface area contributed by atoms with E-state index in [2.05, 4.69) is 20.6 Å². The predicted octanol–water partition coefficient (Wildman–Crippen LogP) is 3.78. The zero-order chi connectivity index (χ0) is 24.5. The van der Waals surface area contributed by atoms with E-state index in [1.165, 1.54) is 6.07 Å². The summed E-state index contributed by atoms with van der Waals surface area (Å²) >= 11 is 6.12. The van der Waals surface area contributed by atoms with Crippen LogP contribution in [-0.4, -0.2) is 46.3 Å². The average molecular weight is 496 g/mol. The maximum absolute atomic E-state index is 13.1. The van der Waals surface area contributed by atoms with Crippen LogP contribution in [0.15, 0.2) is 24.3 Å². The standard InChI is InChI=1S/C23H25ClF3N5O2/c1-13(15-3-2-4-16(11-15)23(25,26)27)29-21-17-9-14(10-18(17)30-22(24)31-21)5-6-20(34)32-8-7-28-19(33)12-32/h2-4,11,13-14H,5-10,12H2,1H3,(H,28,33)(H,29,30,31)/t13-,14?/m1/s1. The topological polar surface area (TPSA) is 87.2 Å². The molecule has 1 saturated heterocycles. The summed E-state index contributed by atoms with van der Waals surface area (Å²) in [4.78, 5) is 34.2. The van der Waals surface area contributed by atoms with Gasteiger partial charge in [0.25, 0.3) is 0 Å². The molecule has 2 N–H and O–H groups in total. The highest BCUT2D eigenvalue weighted by atomic mass is 35.5. The van der Waals surface area contributed by atoms with E-state index in [1.807, 2.05) is 0 Å². The first-order valence-corrected chi connectivity index (χ1v) is 11.5. The van der Waals surface area contributed by atoms with Crippen molar-refractivity contribution in [2.24, 2.45) is 5.92 Å². The Bertz CT molecular complexity index is 1090. The lowest BCUT2D eigenvalue weighted by Crippen LogP contribution is -2.50. The Morgan fingerprint density at radius 1 is 1.32 bits per heavy atom. The normalized spacial score (nSPS) is 18.9. The second kappa shape index (κ2) is 9.77. The van der Waals surface area contributed by atoms with Gasteiger partial charge in [-0.2, -0.15) is 13.2 Å². The summed E-state index contributed by atoms with van der Waals surface area (Å²) in [7, 11) is 0. The Hall–Kier alpha value is -2.88. The largest absolute Gasteiger partial charge is 0.416 e. The van der Waals surface area contributed by atoms with Crippen molar-refractivity contribution >= 4 is 29.2 Å². The maximum Gasteiger partial charge on any atom is 0.416 e. The van der Waals surface area contributed by atoms with E-state index in [0.29, 0.717) is 50.2 Å². The van der Waals surface area contributed by atoms with Crippen LogP contribution >= 0.6 is 11.6 Å². The maximum atomic E-state index is 13.1. The zero-order valence-corrected chi connectivity index (χ0v) is 19.3. The van der Waals surface area contributed by atoms with Crippen LogP contribution in [0.25, 0.3) is 0 Å². The number of benzene rings is 1. The zero-order valence-electron chi connectivity index (χ0n) is 18.6. The van der Waals surface area contributed by atoms with Crippen molar-refractivity contribution < 1.29 is 22.8 Å². The number of alkyl halides is 3. The van der Waals surface area contributed by atoms with E-state index in [4.69, 9.17) is 11.6 Å². The highest BCUT2D eigenvalue weighted by molar-refractivity contribution is 6.28. The molecule has 7 nitrogen and oxygen atoms in total. The van der Waals surface area contributed by atoms with E-state index in [0.717, 1.165) is 23.4 Å². The van der Waals surface area contributed by atoms with Gasteiger partial charge in [0.15, 0.2) is 0 Å². The molecule has 2 aromatic rings. The van der Waals surface area contributed by atoms with Crippen LogP contribution in [0.5, 0.6) is 0 Å². The fourth-order valence-electron chi connectivity index (χ4n) is 4.45. The van der Waals surface area contributed by atoms with Gasteiger partial charge in [-0.05, 0) is 61.4 Å². The Kier molecular flexibility index (Phi) is 6.97. The highest BCUT2D eigenvalue weighted by Gasteiger charge is 2.32. The summed E-state index contributed by atoms with van der Waals surface area (Å²) < 4.78 is 39.3. The molecule has 1 aromatic heterocycles. The van der Waals surface area contributed by atoms with Gasteiger partial charge in [-0.25, -0.2) is 9.97 Å². The van der Waals surface area contributed by atoms with Crippen molar-refractivity contribution in [3.63, 3.8) is 0 Å². The van der Waals surface area contributed by atoms with Crippen LogP contribution in [0.2, 0.25) is 5.28 Å². The van der Waals surface area contributed by atoms with Crippen LogP contribution in [0.1, 0.15) is 48.2 Å². The number of carbonyl (C=O) groups is 2. The summed E-state index contributed by atoms with van der Waals surface area (Å²) in [6.07, 6.45) is -2.18. The lowest BCUT2D eigenvalue weighted by Gasteiger charge is -2.27. The first-order chi connectivity index (χ1) is 16.1. The van der Waals surface area contributed by atoms with Crippen molar-refractivity contribution in [2.45, 2.75) is 44.8 Å². The quantitative estimate of drug-likeness (QED) is 0.596. The number of hydrogen-bond donors (Lipinski definition) is 2. The number of halogens is 4. The van der Waals surface area contributed by atoms with E-state index in [9.17, 15) is 22.8 Å². The van der Waals surface area contributed by atoms with Gasteiger partial charge in [0.2, 0.25) is 17.1 Å². The van der Waals surface area contributed by atoms with Crippen LogP contribution in [0, 0.1) is 5.92 Å². The number of amides is 2. The van der Waals surface area contributed by atoms with Crippen LogP contribution < -0.4 is 10.6 Å². The van der Waals surface area contributed by atoms with Gasteiger partial charge in [-0.15, -0.1) is 0 Å². The number of hydrogen-bond acceptors (Lipinski definition) is 5. The molecule has 1 aliphatic carbocycles. The third-order valence-corrected chi connectivity index (χ3v) is 6.43. The number of fused-ring (bicyclic) bond motifs is 1. The monoisotopic (exact) mass is 495 g/mol. The lowest BCUT2D eigenvalue weighted by molar-refractivity contribution is -0.138. The molecular formula is C23H25ClF3N5O2. The van der Waals surface area contributed by atoms with Crippen LogP contribution in [0.4, 0.5) is 19.0 Å². The van der Waals surface area contributed by atoms with Crippen LogP contribution in [-0.2, 0) is 28.6 Å². The molecule has 34 heavy (non-hydrogen) atoms. The summed E-state index contributed by atoms with van der Waals surface area (Å²) in [5.41, 5.74) is 1.43. The molecule has 0 bridgehead atoms. The second-order valence-electron chi connectivity index (χ2n) is 8.73. The van der Waals surface area contributed by atoms with E-state index in [1.54, 1.807) is 17.9 Å². The molecule has 0 saturated carbocycles. The van der Waals surface area contributed by atoms with E-state index >= 15 is 0 Å². The number of nitrogens with one attached hydrogen (secondary N) is 2. The molecule has 182 valence electrons. The SMILES string of the molecule is C[C@@H](Nc1nc(Cl)nc2c1CC(CCC(=O)N1CCNC(=O)C1)C2)c1cccc(C(F)(F)F)c1. The first kappa shape index (κ1) is 24.3. The minimum Gasteiger partial charge on any atom is -0.363 e. The molecule has 1 aliphatic heterocycles. The summed E-state index contributed by atoms with van der Waals surface area (Å²) in [5.74, 6) is 0.464. The van der Waals surface area contributed by atoms with Crippen molar-refractivity contribution in [2.75, 3.05) is 25.0 Å². The molecule has 0 radical (unpaired) electrons. The van der Waals surface area contributed by atoms with Gasteiger partial charge in [0.1, 0.15) is 5.82 Å². The Balaban J connectivity index is 1.42. The fraction of sp³-hybridized carbons (Fsp3) is 0.478. The highest BCUT2D eigenvalue weighted by Crippen LogP contribution is 2.36. The van der Waals surface area contributed by atoms with E-state index in [-0.39, 0.29) is 29.6 Å². The van der Waals surface area contributed by atoms with Crippen molar-refractivity contribution in [3.8, 4) is 0 Å². The van der Waals surface area contributed by atoms with Gasteiger partial charge in [-0.3, -0.25) is 9.59 Å². The van der Waals surface area contributed by atoms with E-state index < -0.39 is 17.8 Å². The molecule has 2 atom stereocenters. The average Bonchev–Trinajstić information content (AvgIpc) is 3.20. The van der Waals surface area contributed by atoms with Crippen molar-refractivity contribution in [3.05, 3.63) is 51.9 Å². The molecule has 4 rings (SSSR count). The number of rotatable bonds is 6. The molecule has 1 aromatic carbocycles. The number of carbonyl (C=O) groups excluding carboxylic acids is 2. The number of piperazine rings is 1.